The molecule has 0 unspecified atom stereocenters. The van der Waals surface area contributed by atoms with Crippen molar-refractivity contribution >= 4 is 17.3 Å². The molecule has 0 saturated carbocycles. The number of nitro groups is 1. The second-order valence-corrected chi connectivity index (χ2v) is 3.49. The van der Waals surface area contributed by atoms with E-state index in [0.717, 1.165) is 0 Å². The van der Waals surface area contributed by atoms with Crippen LogP contribution in [0.25, 0.3) is 11.3 Å². The molecule has 2 aromatic rings. The van der Waals surface area contributed by atoms with Crippen LogP contribution in [0.1, 0.15) is 0 Å². The van der Waals surface area contributed by atoms with E-state index in [1.165, 1.54) is 18.4 Å². The number of hydrogen-bond donors (Lipinski definition) is 0. The molecule has 0 aliphatic rings. The third kappa shape index (κ3) is 1.87. The summed E-state index contributed by atoms with van der Waals surface area (Å²) in [6.07, 6.45) is 1.22. The van der Waals surface area contributed by atoms with Gasteiger partial charge in [0, 0.05) is 0 Å². The van der Waals surface area contributed by atoms with Crippen molar-refractivity contribution in [1.82, 2.24) is 0 Å². The second-order valence-electron chi connectivity index (χ2n) is 3.11. The summed E-state index contributed by atoms with van der Waals surface area (Å²) in [7, 11) is 0. The number of nitrogens with zero attached hydrogens (tertiary/aromatic N) is 1. The summed E-state index contributed by atoms with van der Waals surface area (Å²) < 4.78 is 31.7. The fraction of sp³-hybridized carbons (Fsp3) is 0. The van der Waals surface area contributed by atoms with E-state index >= 15 is 0 Å². The van der Waals surface area contributed by atoms with Crippen LogP contribution in [0.5, 0.6) is 0 Å². The first-order valence-electron chi connectivity index (χ1n) is 4.38. The monoisotopic (exact) mass is 259 g/mol. The number of furan rings is 1. The Morgan fingerprint density at radius 1 is 1.41 bits per heavy atom. The molecule has 0 atom stereocenters. The van der Waals surface area contributed by atoms with Crippen molar-refractivity contribution in [2.24, 2.45) is 0 Å². The third-order valence-corrected chi connectivity index (χ3v) is 2.45. The molecule has 0 spiro atoms. The van der Waals surface area contributed by atoms with Crippen molar-refractivity contribution in [3.05, 3.63) is 51.2 Å². The maximum Gasteiger partial charge on any atom is 0.286 e. The Balaban J connectivity index is 2.80. The first kappa shape index (κ1) is 11.5. The van der Waals surface area contributed by atoms with Crippen molar-refractivity contribution in [3.8, 4) is 11.3 Å². The molecule has 0 saturated heterocycles. The average molecular weight is 260 g/mol. The highest BCUT2D eigenvalue weighted by Crippen LogP contribution is 2.37. The van der Waals surface area contributed by atoms with Gasteiger partial charge in [0.1, 0.15) is 16.3 Å². The zero-order valence-electron chi connectivity index (χ0n) is 8.12. The van der Waals surface area contributed by atoms with Gasteiger partial charge in [0.05, 0.1) is 17.3 Å². The number of benzene rings is 1. The van der Waals surface area contributed by atoms with E-state index < -0.39 is 32.8 Å². The highest BCUT2D eigenvalue weighted by Gasteiger charge is 2.27. The van der Waals surface area contributed by atoms with Crippen LogP contribution in [-0.2, 0) is 0 Å². The molecule has 0 aliphatic heterocycles. The van der Waals surface area contributed by atoms with E-state index in [1.807, 2.05) is 0 Å². The Hall–Kier alpha value is -1.95. The van der Waals surface area contributed by atoms with Gasteiger partial charge in [-0.3, -0.25) is 10.1 Å². The molecule has 1 aromatic heterocycles. The van der Waals surface area contributed by atoms with Gasteiger partial charge < -0.3 is 4.42 Å². The number of halogens is 3. The Morgan fingerprint density at radius 2 is 2.12 bits per heavy atom. The van der Waals surface area contributed by atoms with Gasteiger partial charge in [-0.25, -0.2) is 8.78 Å². The van der Waals surface area contributed by atoms with Gasteiger partial charge in [-0.1, -0.05) is 11.6 Å². The topological polar surface area (TPSA) is 56.3 Å². The zero-order valence-corrected chi connectivity index (χ0v) is 8.87. The van der Waals surface area contributed by atoms with Crippen LogP contribution in [0.4, 0.5) is 14.5 Å². The molecule has 0 amide bonds. The lowest BCUT2D eigenvalue weighted by Gasteiger charge is -2.04. The summed E-state index contributed by atoms with van der Waals surface area (Å²) in [4.78, 5) is 9.82. The second kappa shape index (κ2) is 4.14. The molecule has 0 N–H and O–H groups in total. The van der Waals surface area contributed by atoms with E-state index in [2.05, 4.69) is 0 Å². The molecule has 0 radical (unpaired) electrons. The summed E-state index contributed by atoms with van der Waals surface area (Å²) in [6.45, 7) is 0. The van der Waals surface area contributed by atoms with E-state index in [9.17, 15) is 18.9 Å². The summed E-state index contributed by atoms with van der Waals surface area (Å²) in [5, 5.41) is 9.92. The van der Waals surface area contributed by atoms with Gasteiger partial charge in [-0.2, -0.15) is 0 Å². The molecule has 1 heterocycles. The highest BCUT2D eigenvalue weighted by atomic mass is 35.5. The fourth-order valence-electron chi connectivity index (χ4n) is 1.38. The molecular weight excluding hydrogens is 256 g/mol. The number of nitro benzene ring substituents is 1. The maximum atomic E-state index is 13.7. The molecule has 2 rings (SSSR count). The Labute approximate surface area is 98.6 Å². The Kier molecular flexibility index (Phi) is 2.81. The smallest absolute Gasteiger partial charge is 0.286 e. The lowest BCUT2D eigenvalue weighted by atomic mass is 10.1. The summed E-state index contributed by atoms with van der Waals surface area (Å²) >= 11 is 5.36. The molecule has 17 heavy (non-hydrogen) atoms. The van der Waals surface area contributed by atoms with Crippen LogP contribution in [0.15, 0.2) is 28.9 Å². The van der Waals surface area contributed by atoms with Gasteiger partial charge in [0.15, 0.2) is 11.6 Å². The Bertz CT molecular complexity index is 584. The SMILES string of the molecule is O=[N+]([O-])c1cc(F)c(Cl)c(F)c1-c1ccco1. The first-order valence-corrected chi connectivity index (χ1v) is 4.76. The quantitative estimate of drug-likeness (QED) is 0.468. The van der Waals surface area contributed by atoms with Gasteiger partial charge in [-0.15, -0.1) is 0 Å². The van der Waals surface area contributed by atoms with Crippen molar-refractivity contribution in [3.63, 3.8) is 0 Å². The van der Waals surface area contributed by atoms with Crippen LogP contribution in [0, 0.1) is 21.7 Å². The minimum Gasteiger partial charge on any atom is -0.464 e. The predicted octanol–water partition coefficient (Wildman–Crippen LogP) is 3.79. The molecule has 88 valence electrons. The van der Waals surface area contributed by atoms with Crippen molar-refractivity contribution < 1.29 is 18.1 Å². The molecule has 0 bridgehead atoms. The van der Waals surface area contributed by atoms with Gasteiger partial charge >= 0.3 is 0 Å². The van der Waals surface area contributed by atoms with Crippen molar-refractivity contribution in [2.75, 3.05) is 0 Å². The number of hydrogen-bond acceptors (Lipinski definition) is 3. The van der Waals surface area contributed by atoms with Crippen LogP contribution in [0.2, 0.25) is 5.02 Å². The molecular formula is C10H4ClF2NO3. The van der Waals surface area contributed by atoms with Gasteiger partial charge in [0.25, 0.3) is 5.69 Å². The third-order valence-electron chi connectivity index (χ3n) is 2.11. The van der Waals surface area contributed by atoms with Crippen molar-refractivity contribution in [2.45, 2.75) is 0 Å². The normalized spacial score (nSPS) is 10.5. The minimum atomic E-state index is -1.21. The lowest BCUT2D eigenvalue weighted by Crippen LogP contribution is -1.97. The van der Waals surface area contributed by atoms with Crippen LogP contribution in [-0.4, -0.2) is 4.92 Å². The summed E-state index contributed by atoms with van der Waals surface area (Å²) in [5.41, 5.74) is -1.20. The van der Waals surface area contributed by atoms with Crippen LogP contribution >= 0.6 is 11.6 Å². The fourth-order valence-corrected chi connectivity index (χ4v) is 1.53. The largest absolute Gasteiger partial charge is 0.464 e. The highest BCUT2D eigenvalue weighted by molar-refractivity contribution is 6.31. The molecule has 0 fully saturated rings. The zero-order chi connectivity index (χ0) is 12.6. The average Bonchev–Trinajstić information content (AvgIpc) is 2.78. The number of rotatable bonds is 2. The van der Waals surface area contributed by atoms with E-state index in [1.54, 1.807) is 0 Å². The Morgan fingerprint density at radius 3 is 2.65 bits per heavy atom. The van der Waals surface area contributed by atoms with Gasteiger partial charge in [0.2, 0.25) is 0 Å². The predicted molar refractivity (Wildman–Crippen MR) is 55.7 cm³/mol. The van der Waals surface area contributed by atoms with E-state index in [-0.39, 0.29) is 5.76 Å². The summed E-state index contributed by atoms with van der Waals surface area (Å²) in [6, 6.07) is 3.30. The molecule has 4 nitrogen and oxygen atoms in total. The van der Waals surface area contributed by atoms with Gasteiger partial charge in [-0.05, 0) is 12.1 Å². The summed E-state index contributed by atoms with van der Waals surface area (Å²) in [5.74, 6) is -2.49. The first-order chi connectivity index (χ1) is 8.02. The maximum absolute atomic E-state index is 13.7. The lowest BCUT2D eigenvalue weighted by molar-refractivity contribution is -0.384. The minimum absolute atomic E-state index is 0.0869. The molecule has 1 aromatic carbocycles. The van der Waals surface area contributed by atoms with Crippen LogP contribution < -0.4 is 0 Å². The molecule has 7 heteroatoms. The van der Waals surface area contributed by atoms with E-state index in [0.29, 0.717) is 6.07 Å². The van der Waals surface area contributed by atoms with Crippen molar-refractivity contribution in [1.29, 1.82) is 0 Å². The standard InChI is InChI=1S/C10H4ClF2NO3/c11-9-5(12)4-6(14(15)16)8(10(9)13)7-2-1-3-17-7/h1-4H. The van der Waals surface area contributed by atoms with Crippen LogP contribution in [0.3, 0.4) is 0 Å². The van der Waals surface area contributed by atoms with E-state index in [4.69, 9.17) is 16.0 Å². The molecule has 0 aliphatic carbocycles.